The smallest absolute Gasteiger partial charge is 0.0807 e. The Labute approximate surface area is 84.4 Å². The Bertz CT molecular complexity index is 290. The maximum atomic E-state index is 5.52. The topological polar surface area (TPSA) is 55.9 Å². The number of hydrazine groups is 1. The van der Waals surface area contributed by atoms with Crippen molar-refractivity contribution in [2.45, 2.75) is 31.7 Å². The summed E-state index contributed by atoms with van der Waals surface area (Å²) in [5, 5.41) is 4.35. The molecule has 1 heterocycles. The van der Waals surface area contributed by atoms with E-state index in [1.54, 1.807) is 0 Å². The largest absolute Gasteiger partial charge is 0.275 e. The SMILES string of the molecule is Cn1ccc(C(CCC2CC2)NN)n1. The van der Waals surface area contributed by atoms with Gasteiger partial charge in [-0.2, -0.15) is 5.10 Å². The van der Waals surface area contributed by atoms with E-state index < -0.39 is 0 Å². The standard InChI is InChI=1S/C10H18N4/c1-14-7-6-10(13-14)9(12-11)5-4-8-2-3-8/h6-9,12H,2-5,11H2,1H3. The first-order valence-corrected chi connectivity index (χ1v) is 5.25. The first-order chi connectivity index (χ1) is 6.79. The lowest BCUT2D eigenvalue weighted by molar-refractivity contribution is 0.467. The second kappa shape index (κ2) is 4.11. The molecule has 0 aromatic carbocycles. The van der Waals surface area contributed by atoms with Crippen LogP contribution in [0.1, 0.15) is 37.4 Å². The van der Waals surface area contributed by atoms with Crippen LogP contribution in [0.15, 0.2) is 12.3 Å². The van der Waals surface area contributed by atoms with Crippen LogP contribution in [0.2, 0.25) is 0 Å². The minimum atomic E-state index is 0.219. The van der Waals surface area contributed by atoms with Crippen molar-refractivity contribution in [3.8, 4) is 0 Å². The molecule has 0 radical (unpaired) electrons. The average molecular weight is 194 g/mol. The summed E-state index contributed by atoms with van der Waals surface area (Å²) >= 11 is 0. The number of hydrogen-bond acceptors (Lipinski definition) is 3. The molecule has 1 atom stereocenters. The Kier molecular flexibility index (Phi) is 2.84. The molecule has 1 saturated carbocycles. The Morgan fingerprint density at radius 2 is 2.50 bits per heavy atom. The predicted molar refractivity (Wildman–Crippen MR) is 55.2 cm³/mol. The van der Waals surface area contributed by atoms with E-state index in [9.17, 15) is 0 Å². The fraction of sp³-hybridized carbons (Fsp3) is 0.700. The fourth-order valence-corrected chi connectivity index (χ4v) is 1.74. The molecule has 2 rings (SSSR count). The van der Waals surface area contributed by atoms with Crippen LogP contribution in [0, 0.1) is 5.92 Å². The van der Waals surface area contributed by atoms with Gasteiger partial charge in [0.25, 0.3) is 0 Å². The Balaban J connectivity index is 1.90. The van der Waals surface area contributed by atoms with Gasteiger partial charge in [-0.05, 0) is 24.8 Å². The molecule has 1 fully saturated rings. The van der Waals surface area contributed by atoms with Crippen LogP contribution in [-0.4, -0.2) is 9.78 Å². The van der Waals surface area contributed by atoms with E-state index >= 15 is 0 Å². The molecule has 4 heteroatoms. The molecule has 0 bridgehead atoms. The van der Waals surface area contributed by atoms with Crippen LogP contribution in [0.4, 0.5) is 0 Å². The van der Waals surface area contributed by atoms with E-state index in [2.05, 4.69) is 10.5 Å². The fourth-order valence-electron chi connectivity index (χ4n) is 1.74. The Hall–Kier alpha value is -0.870. The quantitative estimate of drug-likeness (QED) is 0.545. The van der Waals surface area contributed by atoms with Gasteiger partial charge in [0.1, 0.15) is 0 Å². The average Bonchev–Trinajstić information content (AvgIpc) is 2.90. The molecule has 14 heavy (non-hydrogen) atoms. The molecule has 1 aromatic rings. The molecule has 1 aliphatic carbocycles. The van der Waals surface area contributed by atoms with Gasteiger partial charge in [-0.1, -0.05) is 12.8 Å². The van der Waals surface area contributed by atoms with Gasteiger partial charge in [0, 0.05) is 13.2 Å². The summed E-state index contributed by atoms with van der Waals surface area (Å²) in [7, 11) is 1.93. The lowest BCUT2D eigenvalue weighted by Gasteiger charge is -2.12. The first kappa shape index (κ1) is 9.68. The highest BCUT2D eigenvalue weighted by molar-refractivity contribution is 5.05. The number of aromatic nitrogens is 2. The molecule has 1 unspecified atom stereocenters. The summed E-state index contributed by atoms with van der Waals surface area (Å²) in [4.78, 5) is 0. The zero-order valence-corrected chi connectivity index (χ0v) is 8.61. The second-order valence-electron chi connectivity index (χ2n) is 4.15. The molecule has 4 nitrogen and oxygen atoms in total. The Morgan fingerprint density at radius 3 is 3.00 bits per heavy atom. The van der Waals surface area contributed by atoms with Gasteiger partial charge in [0.15, 0.2) is 0 Å². The summed E-state index contributed by atoms with van der Waals surface area (Å²) in [6.45, 7) is 0. The van der Waals surface area contributed by atoms with Gasteiger partial charge < -0.3 is 0 Å². The normalized spacial score (nSPS) is 18.4. The maximum absolute atomic E-state index is 5.52. The second-order valence-corrected chi connectivity index (χ2v) is 4.15. The third-order valence-electron chi connectivity index (χ3n) is 2.85. The molecule has 1 aromatic heterocycles. The highest BCUT2D eigenvalue weighted by Gasteiger charge is 2.23. The van der Waals surface area contributed by atoms with Gasteiger partial charge in [0.2, 0.25) is 0 Å². The van der Waals surface area contributed by atoms with Gasteiger partial charge >= 0.3 is 0 Å². The summed E-state index contributed by atoms with van der Waals surface area (Å²) in [6.07, 6.45) is 7.12. The highest BCUT2D eigenvalue weighted by Crippen LogP contribution is 2.35. The van der Waals surface area contributed by atoms with Crippen LogP contribution in [0.5, 0.6) is 0 Å². The van der Waals surface area contributed by atoms with Crippen molar-refractivity contribution in [1.82, 2.24) is 15.2 Å². The molecule has 0 aliphatic heterocycles. The third kappa shape index (κ3) is 2.33. The third-order valence-corrected chi connectivity index (χ3v) is 2.85. The van der Waals surface area contributed by atoms with Crippen molar-refractivity contribution in [2.75, 3.05) is 0 Å². The first-order valence-electron chi connectivity index (χ1n) is 5.25. The van der Waals surface area contributed by atoms with Crippen LogP contribution in [0.3, 0.4) is 0 Å². The van der Waals surface area contributed by atoms with Crippen LogP contribution >= 0.6 is 0 Å². The monoisotopic (exact) mass is 194 g/mol. The lowest BCUT2D eigenvalue weighted by Crippen LogP contribution is -2.28. The van der Waals surface area contributed by atoms with Gasteiger partial charge in [-0.25, -0.2) is 0 Å². The minimum Gasteiger partial charge on any atom is -0.275 e. The molecule has 78 valence electrons. The maximum Gasteiger partial charge on any atom is 0.0807 e. The summed E-state index contributed by atoms with van der Waals surface area (Å²) < 4.78 is 1.82. The lowest BCUT2D eigenvalue weighted by atomic mass is 10.1. The minimum absolute atomic E-state index is 0.219. The highest BCUT2D eigenvalue weighted by atomic mass is 15.3. The van der Waals surface area contributed by atoms with Gasteiger partial charge in [0.05, 0.1) is 11.7 Å². The van der Waals surface area contributed by atoms with Crippen LogP contribution in [0.25, 0.3) is 0 Å². The predicted octanol–water partition coefficient (Wildman–Crippen LogP) is 1.11. The Morgan fingerprint density at radius 1 is 1.71 bits per heavy atom. The summed E-state index contributed by atoms with van der Waals surface area (Å²) in [5.41, 5.74) is 3.89. The molecule has 3 N–H and O–H groups in total. The number of rotatable bonds is 5. The van der Waals surface area contributed by atoms with Crippen LogP contribution in [-0.2, 0) is 7.05 Å². The number of nitrogens with two attached hydrogens (primary N) is 1. The van der Waals surface area contributed by atoms with Crippen molar-refractivity contribution < 1.29 is 0 Å². The van der Waals surface area contributed by atoms with E-state index in [0.717, 1.165) is 18.0 Å². The van der Waals surface area contributed by atoms with E-state index in [-0.39, 0.29) is 6.04 Å². The zero-order chi connectivity index (χ0) is 9.97. The number of nitrogens with zero attached hydrogens (tertiary/aromatic N) is 2. The van der Waals surface area contributed by atoms with Gasteiger partial charge in [-0.15, -0.1) is 0 Å². The zero-order valence-electron chi connectivity index (χ0n) is 8.61. The molecular formula is C10H18N4. The van der Waals surface area contributed by atoms with E-state index in [1.165, 1.54) is 19.3 Å². The molecule has 0 amide bonds. The summed E-state index contributed by atoms with van der Waals surface area (Å²) in [5.74, 6) is 6.47. The molecule has 0 saturated heterocycles. The van der Waals surface area contributed by atoms with Crippen molar-refractivity contribution >= 4 is 0 Å². The van der Waals surface area contributed by atoms with Crippen molar-refractivity contribution in [3.63, 3.8) is 0 Å². The number of aryl methyl sites for hydroxylation is 1. The van der Waals surface area contributed by atoms with Crippen molar-refractivity contribution in [2.24, 2.45) is 18.8 Å². The van der Waals surface area contributed by atoms with Crippen molar-refractivity contribution in [3.05, 3.63) is 18.0 Å². The van der Waals surface area contributed by atoms with Crippen LogP contribution < -0.4 is 11.3 Å². The molecule has 1 aliphatic rings. The molecular weight excluding hydrogens is 176 g/mol. The van der Waals surface area contributed by atoms with E-state index in [0.29, 0.717) is 0 Å². The van der Waals surface area contributed by atoms with Gasteiger partial charge in [-0.3, -0.25) is 16.0 Å². The number of hydrogen-bond donors (Lipinski definition) is 2. The summed E-state index contributed by atoms with van der Waals surface area (Å²) in [6, 6.07) is 2.24. The van der Waals surface area contributed by atoms with Crippen molar-refractivity contribution in [1.29, 1.82) is 0 Å². The van der Waals surface area contributed by atoms with E-state index in [1.807, 2.05) is 24.0 Å². The number of nitrogens with one attached hydrogen (secondary N) is 1. The van der Waals surface area contributed by atoms with E-state index in [4.69, 9.17) is 5.84 Å². The molecule has 0 spiro atoms.